The maximum atomic E-state index is 11.0. The molecule has 0 saturated heterocycles. The SMILES string of the molecule is CNC(C(C)=O)C(C)(C)C. The Bertz CT molecular complexity index is 124. The van der Waals surface area contributed by atoms with E-state index in [2.05, 4.69) is 26.1 Å². The van der Waals surface area contributed by atoms with Gasteiger partial charge in [-0.2, -0.15) is 0 Å². The molecule has 2 nitrogen and oxygen atoms in total. The molecule has 1 atom stereocenters. The molecule has 1 N–H and O–H groups in total. The highest BCUT2D eigenvalue weighted by Crippen LogP contribution is 2.19. The maximum absolute atomic E-state index is 11.0. The van der Waals surface area contributed by atoms with Crippen LogP contribution in [0, 0.1) is 5.41 Å². The van der Waals surface area contributed by atoms with Crippen molar-refractivity contribution >= 4 is 5.78 Å². The number of ketones is 1. The van der Waals surface area contributed by atoms with Crippen LogP contribution in [-0.2, 0) is 4.79 Å². The van der Waals surface area contributed by atoms with Crippen LogP contribution in [-0.4, -0.2) is 18.9 Å². The van der Waals surface area contributed by atoms with Gasteiger partial charge in [-0.15, -0.1) is 0 Å². The van der Waals surface area contributed by atoms with Crippen molar-refractivity contribution in [3.8, 4) is 0 Å². The van der Waals surface area contributed by atoms with Crippen LogP contribution in [0.15, 0.2) is 0 Å². The second kappa shape index (κ2) is 3.15. The highest BCUT2D eigenvalue weighted by molar-refractivity contribution is 5.82. The lowest BCUT2D eigenvalue weighted by Crippen LogP contribution is -2.43. The van der Waals surface area contributed by atoms with Crippen molar-refractivity contribution in [1.82, 2.24) is 5.32 Å². The number of Topliss-reactive ketones (excluding diaryl/α,β-unsaturated/α-hetero) is 1. The molecule has 2 heteroatoms. The molecule has 0 heterocycles. The summed E-state index contributed by atoms with van der Waals surface area (Å²) in [5.41, 5.74) is 0.0284. The molecule has 0 saturated carbocycles. The third kappa shape index (κ3) is 2.48. The summed E-state index contributed by atoms with van der Waals surface area (Å²) in [5, 5.41) is 2.99. The second-order valence-electron chi connectivity index (χ2n) is 3.70. The first-order chi connectivity index (χ1) is 4.39. The molecule has 0 radical (unpaired) electrons. The van der Waals surface area contributed by atoms with E-state index in [0.29, 0.717) is 0 Å². The number of rotatable bonds is 2. The van der Waals surface area contributed by atoms with Crippen LogP contribution in [0.1, 0.15) is 27.7 Å². The number of hydrogen-bond donors (Lipinski definition) is 1. The van der Waals surface area contributed by atoms with E-state index < -0.39 is 0 Å². The topological polar surface area (TPSA) is 29.1 Å². The van der Waals surface area contributed by atoms with Gasteiger partial charge in [0, 0.05) is 0 Å². The Balaban J connectivity index is 4.22. The van der Waals surface area contributed by atoms with Gasteiger partial charge in [-0.05, 0) is 19.4 Å². The molecular formula is C8H17NO. The predicted octanol–water partition coefficient (Wildman–Crippen LogP) is 1.21. The third-order valence-corrected chi connectivity index (χ3v) is 1.56. The first kappa shape index (κ1) is 9.63. The highest BCUT2D eigenvalue weighted by Gasteiger charge is 2.26. The predicted molar refractivity (Wildman–Crippen MR) is 43.0 cm³/mol. The van der Waals surface area contributed by atoms with Crippen LogP contribution in [0.3, 0.4) is 0 Å². The van der Waals surface area contributed by atoms with Gasteiger partial charge in [-0.1, -0.05) is 20.8 Å². The monoisotopic (exact) mass is 143 g/mol. The van der Waals surface area contributed by atoms with Crippen LogP contribution in [0.25, 0.3) is 0 Å². The molecule has 0 aromatic carbocycles. The third-order valence-electron chi connectivity index (χ3n) is 1.56. The van der Waals surface area contributed by atoms with E-state index in [1.165, 1.54) is 0 Å². The lowest BCUT2D eigenvalue weighted by Gasteiger charge is -2.27. The zero-order valence-electron chi connectivity index (χ0n) is 7.49. The van der Waals surface area contributed by atoms with Crippen molar-refractivity contribution in [3.63, 3.8) is 0 Å². The Morgan fingerprint density at radius 3 is 1.80 bits per heavy atom. The van der Waals surface area contributed by atoms with Crippen molar-refractivity contribution in [3.05, 3.63) is 0 Å². The minimum Gasteiger partial charge on any atom is -0.310 e. The summed E-state index contributed by atoms with van der Waals surface area (Å²) in [5.74, 6) is 0.204. The fourth-order valence-electron chi connectivity index (χ4n) is 1.25. The van der Waals surface area contributed by atoms with Gasteiger partial charge in [0.1, 0.15) is 5.78 Å². The number of carbonyl (C=O) groups is 1. The van der Waals surface area contributed by atoms with Gasteiger partial charge in [-0.3, -0.25) is 4.79 Å². The summed E-state index contributed by atoms with van der Waals surface area (Å²) < 4.78 is 0. The van der Waals surface area contributed by atoms with Crippen LogP contribution < -0.4 is 5.32 Å². The molecule has 10 heavy (non-hydrogen) atoms. The van der Waals surface area contributed by atoms with Crippen molar-refractivity contribution in [2.24, 2.45) is 5.41 Å². The molecule has 0 amide bonds. The highest BCUT2D eigenvalue weighted by atomic mass is 16.1. The van der Waals surface area contributed by atoms with E-state index in [9.17, 15) is 4.79 Å². The van der Waals surface area contributed by atoms with Gasteiger partial charge in [-0.25, -0.2) is 0 Å². The second-order valence-corrected chi connectivity index (χ2v) is 3.70. The fourth-order valence-corrected chi connectivity index (χ4v) is 1.25. The minimum atomic E-state index is -0.0208. The van der Waals surface area contributed by atoms with E-state index in [-0.39, 0.29) is 17.2 Å². The summed E-state index contributed by atoms with van der Waals surface area (Å²) in [6.07, 6.45) is 0. The molecule has 1 unspecified atom stereocenters. The van der Waals surface area contributed by atoms with E-state index in [4.69, 9.17) is 0 Å². The minimum absolute atomic E-state index is 0.0208. The van der Waals surface area contributed by atoms with Crippen molar-refractivity contribution in [1.29, 1.82) is 0 Å². The maximum Gasteiger partial charge on any atom is 0.147 e. The summed E-state index contributed by atoms with van der Waals surface area (Å²) >= 11 is 0. The zero-order chi connectivity index (χ0) is 8.36. The van der Waals surface area contributed by atoms with Crippen molar-refractivity contribution < 1.29 is 4.79 Å². The molecule has 0 aliphatic rings. The van der Waals surface area contributed by atoms with E-state index in [0.717, 1.165) is 0 Å². The number of hydrogen-bond acceptors (Lipinski definition) is 2. The Kier molecular flexibility index (Phi) is 3.03. The summed E-state index contributed by atoms with van der Waals surface area (Å²) in [6, 6.07) is -0.0208. The molecule has 0 aliphatic carbocycles. The average Bonchev–Trinajstić information content (AvgIpc) is 1.60. The molecular weight excluding hydrogens is 126 g/mol. The quantitative estimate of drug-likeness (QED) is 0.629. The lowest BCUT2D eigenvalue weighted by atomic mass is 9.85. The molecule has 60 valence electrons. The molecule has 0 aromatic rings. The van der Waals surface area contributed by atoms with Gasteiger partial charge in [0.05, 0.1) is 6.04 Å². The van der Waals surface area contributed by atoms with Gasteiger partial charge in [0.15, 0.2) is 0 Å². The van der Waals surface area contributed by atoms with Crippen LogP contribution in [0.4, 0.5) is 0 Å². The largest absolute Gasteiger partial charge is 0.310 e. The van der Waals surface area contributed by atoms with Gasteiger partial charge < -0.3 is 5.32 Å². The van der Waals surface area contributed by atoms with Gasteiger partial charge in [0.25, 0.3) is 0 Å². The standard InChI is InChI=1S/C8H17NO/c1-6(10)7(9-5)8(2,3)4/h7,9H,1-5H3. The number of nitrogens with one attached hydrogen (secondary N) is 1. The molecule has 0 spiro atoms. The fraction of sp³-hybridized carbons (Fsp3) is 0.875. The van der Waals surface area contributed by atoms with E-state index >= 15 is 0 Å². The van der Waals surface area contributed by atoms with Crippen molar-refractivity contribution in [2.75, 3.05) is 7.05 Å². The Hall–Kier alpha value is -0.370. The summed E-state index contributed by atoms with van der Waals surface area (Å²) in [7, 11) is 1.82. The summed E-state index contributed by atoms with van der Waals surface area (Å²) in [6.45, 7) is 7.77. The molecule has 0 aliphatic heterocycles. The lowest BCUT2D eigenvalue weighted by molar-refractivity contribution is -0.121. The average molecular weight is 143 g/mol. The Morgan fingerprint density at radius 2 is 1.80 bits per heavy atom. The number of carbonyl (C=O) groups excluding carboxylic acids is 1. The van der Waals surface area contributed by atoms with Gasteiger partial charge >= 0.3 is 0 Å². The Labute approximate surface area is 63.0 Å². The normalized spacial score (nSPS) is 14.9. The molecule has 0 fully saturated rings. The van der Waals surface area contributed by atoms with Gasteiger partial charge in [0.2, 0.25) is 0 Å². The molecule has 0 aromatic heterocycles. The first-order valence-electron chi connectivity index (χ1n) is 3.57. The molecule has 0 rings (SSSR count). The first-order valence-corrected chi connectivity index (χ1v) is 3.57. The summed E-state index contributed by atoms with van der Waals surface area (Å²) in [4.78, 5) is 11.0. The Morgan fingerprint density at radius 1 is 1.40 bits per heavy atom. The van der Waals surface area contributed by atoms with E-state index in [1.807, 2.05) is 7.05 Å². The van der Waals surface area contributed by atoms with Crippen LogP contribution >= 0.6 is 0 Å². The van der Waals surface area contributed by atoms with Crippen LogP contribution in [0.2, 0.25) is 0 Å². The molecule has 0 bridgehead atoms. The zero-order valence-corrected chi connectivity index (χ0v) is 7.49. The van der Waals surface area contributed by atoms with Crippen molar-refractivity contribution in [2.45, 2.75) is 33.7 Å². The number of likely N-dealkylation sites (N-methyl/N-ethyl adjacent to an activating group) is 1. The van der Waals surface area contributed by atoms with E-state index in [1.54, 1.807) is 6.92 Å². The van der Waals surface area contributed by atoms with Crippen LogP contribution in [0.5, 0.6) is 0 Å². The smallest absolute Gasteiger partial charge is 0.147 e.